The second-order valence-corrected chi connectivity index (χ2v) is 4.40. The molecule has 96 valence electrons. The van der Waals surface area contributed by atoms with Crippen LogP contribution in [-0.2, 0) is 16.1 Å². The smallest absolute Gasteiger partial charge is 0.340 e. The minimum atomic E-state index is -0.420. The Kier molecular flexibility index (Phi) is 3.55. The van der Waals surface area contributed by atoms with Crippen LogP contribution in [0.15, 0.2) is 17.1 Å². The van der Waals surface area contributed by atoms with Gasteiger partial charge in [0.05, 0.1) is 0 Å². The van der Waals surface area contributed by atoms with Gasteiger partial charge in [0.2, 0.25) is 5.91 Å². The maximum atomic E-state index is 11.9. The SMILES string of the molecule is Cc1ccn(CC(=O)N2CCC(=O)CC2)c(=O)n1. The lowest BCUT2D eigenvalue weighted by molar-refractivity contribution is -0.135. The van der Waals surface area contributed by atoms with Crippen LogP contribution in [0, 0.1) is 6.92 Å². The van der Waals surface area contributed by atoms with Crippen molar-refractivity contribution in [1.29, 1.82) is 0 Å². The highest BCUT2D eigenvalue weighted by molar-refractivity contribution is 5.83. The summed E-state index contributed by atoms with van der Waals surface area (Å²) in [6.07, 6.45) is 2.39. The molecule has 0 aliphatic carbocycles. The van der Waals surface area contributed by atoms with Gasteiger partial charge < -0.3 is 4.90 Å². The summed E-state index contributed by atoms with van der Waals surface area (Å²) in [4.78, 5) is 39.9. The molecule has 6 heteroatoms. The number of carbonyl (C=O) groups excluding carboxylic acids is 2. The maximum absolute atomic E-state index is 11.9. The number of amides is 1. The fourth-order valence-electron chi connectivity index (χ4n) is 1.89. The van der Waals surface area contributed by atoms with Crippen LogP contribution in [0.4, 0.5) is 0 Å². The summed E-state index contributed by atoms with van der Waals surface area (Å²) in [7, 11) is 0. The fraction of sp³-hybridized carbons (Fsp3) is 0.500. The first-order valence-electron chi connectivity index (χ1n) is 5.90. The minimum absolute atomic E-state index is 0.0136. The van der Waals surface area contributed by atoms with Gasteiger partial charge in [0.15, 0.2) is 0 Å². The van der Waals surface area contributed by atoms with Crippen LogP contribution < -0.4 is 5.69 Å². The van der Waals surface area contributed by atoms with Gasteiger partial charge in [0, 0.05) is 37.8 Å². The molecule has 1 fully saturated rings. The second kappa shape index (κ2) is 5.12. The van der Waals surface area contributed by atoms with Crippen molar-refractivity contribution in [3.63, 3.8) is 0 Å². The first-order valence-corrected chi connectivity index (χ1v) is 5.90. The summed E-state index contributed by atoms with van der Waals surface area (Å²) in [5, 5.41) is 0. The highest BCUT2D eigenvalue weighted by atomic mass is 16.2. The number of hydrogen-bond acceptors (Lipinski definition) is 4. The number of aryl methyl sites for hydroxylation is 1. The van der Waals surface area contributed by atoms with E-state index < -0.39 is 5.69 Å². The van der Waals surface area contributed by atoms with Crippen molar-refractivity contribution >= 4 is 11.7 Å². The van der Waals surface area contributed by atoms with Gasteiger partial charge in [-0.2, -0.15) is 4.98 Å². The number of nitrogens with zero attached hydrogens (tertiary/aromatic N) is 3. The van der Waals surface area contributed by atoms with E-state index in [-0.39, 0.29) is 18.2 Å². The monoisotopic (exact) mass is 249 g/mol. The standard InChI is InChI=1S/C12H15N3O3/c1-9-2-5-15(12(18)13-9)8-11(17)14-6-3-10(16)4-7-14/h2,5H,3-4,6-8H2,1H3. The molecule has 0 bridgehead atoms. The van der Waals surface area contributed by atoms with Gasteiger partial charge in [-0.15, -0.1) is 0 Å². The van der Waals surface area contributed by atoms with Gasteiger partial charge in [0.1, 0.15) is 12.3 Å². The van der Waals surface area contributed by atoms with Crippen molar-refractivity contribution < 1.29 is 9.59 Å². The highest BCUT2D eigenvalue weighted by Gasteiger charge is 2.20. The van der Waals surface area contributed by atoms with E-state index in [9.17, 15) is 14.4 Å². The molecule has 0 aromatic carbocycles. The molecule has 2 heterocycles. The topological polar surface area (TPSA) is 72.3 Å². The van der Waals surface area contributed by atoms with Crippen LogP contribution >= 0.6 is 0 Å². The Hall–Kier alpha value is -1.98. The fourth-order valence-corrected chi connectivity index (χ4v) is 1.89. The van der Waals surface area contributed by atoms with Crippen LogP contribution in [0.2, 0.25) is 0 Å². The van der Waals surface area contributed by atoms with E-state index in [1.165, 1.54) is 4.57 Å². The molecule has 0 spiro atoms. The van der Waals surface area contributed by atoms with Crippen molar-refractivity contribution in [3.05, 3.63) is 28.4 Å². The molecule has 0 saturated carbocycles. The van der Waals surface area contributed by atoms with E-state index >= 15 is 0 Å². The maximum Gasteiger partial charge on any atom is 0.348 e. The van der Waals surface area contributed by atoms with E-state index in [1.54, 1.807) is 24.1 Å². The first-order chi connectivity index (χ1) is 8.56. The highest BCUT2D eigenvalue weighted by Crippen LogP contribution is 2.06. The normalized spacial score (nSPS) is 15.8. The lowest BCUT2D eigenvalue weighted by Crippen LogP contribution is -2.41. The third-order valence-electron chi connectivity index (χ3n) is 2.99. The Morgan fingerprint density at radius 3 is 2.61 bits per heavy atom. The molecular formula is C12H15N3O3. The Morgan fingerprint density at radius 2 is 2.00 bits per heavy atom. The van der Waals surface area contributed by atoms with E-state index in [0.717, 1.165) is 0 Å². The average molecular weight is 249 g/mol. The Bertz CT molecular complexity index is 526. The summed E-state index contributed by atoms with van der Waals surface area (Å²) in [5.74, 6) is 0.0449. The number of hydrogen-bond donors (Lipinski definition) is 0. The number of carbonyl (C=O) groups is 2. The Labute approximate surface area is 104 Å². The van der Waals surface area contributed by atoms with Crippen molar-refractivity contribution in [1.82, 2.24) is 14.5 Å². The van der Waals surface area contributed by atoms with Crippen molar-refractivity contribution in [2.24, 2.45) is 0 Å². The molecule has 1 aliphatic heterocycles. The Morgan fingerprint density at radius 1 is 1.33 bits per heavy atom. The number of ketones is 1. The van der Waals surface area contributed by atoms with Crippen LogP contribution in [0.5, 0.6) is 0 Å². The molecule has 0 radical (unpaired) electrons. The number of piperidine rings is 1. The van der Waals surface area contributed by atoms with Crippen LogP contribution in [0.25, 0.3) is 0 Å². The molecule has 0 N–H and O–H groups in total. The van der Waals surface area contributed by atoms with Gasteiger partial charge >= 0.3 is 5.69 Å². The lowest BCUT2D eigenvalue weighted by atomic mass is 10.1. The molecule has 1 saturated heterocycles. The molecule has 18 heavy (non-hydrogen) atoms. The molecule has 1 aromatic heterocycles. The molecule has 6 nitrogen and oxygen atoms in total. The summed E-state index contributed by atoms with van der Waals surface area (Å²) < 4.78 is 1.28. The third kappa shape index (κ3) is 2.82. The largest absolute Gasteiger partial charge is 0.348 e. The molecule has 1 aromatic rings. The van der Waals surface area contributed by atoms with Gasteiger partial charge in [-0.3, -0.25) is 14.2 Å². The second-order valence-electron chi connectivity index (χ2n) is 4.40. The molecule has 1 aliphatic rings. The predicted octanol–water partition coefficient (Wildman–Crippen LogP) is -0.257. The number of Topliss-reactive ketones (excluding diaryl/α,β-unsaturated/α-hetero) is 1. The zero-order valence-electron chi connectivity index (χ0n) is 10.3. The lowest BCUT2D eigenvalue weighted by Gasteiger charge is -2.26. The van der Waals surface area contributed by atoms with E-state index in [2.05, 4.69) is 4.98 Å². The summed E-state index contributed by atoms with van der Waals surface area (Å²) in [5.41, 5.74) is 0.212. The van der Waals surface area contributed by atoms with Gasteiger partial charge in [-0.05, 0) is 13.0 Å². The molecule has 0 unspecified atom stereocenters. The van der Waals surface area contributed by atoms with Gasteiger partial charge in [0.25, 0.3) is 0 Å². The number of aromatic nitrogens is 2. The van der Waals surface area contributed by atoms with Gasteiger partial charge in [-0.1, -0.05) is 0 Å². The Balaban J connectivity index is 2.03. The van der Waals surface area contributed by atoms with Gasteiger partial charge in [-0.25, -0.2) is 4.79 Å². The van der Waals surface area contributed by atoms with E-state index in [1.807, 2.05) is 0 Å². The van der Waals surface area contributed by atoms with Crippen LogP contribution in [0.3, 0.4) is 0 Å². The quantitative estimate of drug-likeness (QED) is 0.724. The summed E-state index contributed by atoms with van der Waals surface area (Å²) in [6, 6.07) is 1.69. The summed E-state index contributed by atoms with van der Waals surface area (Å²) >= 11 is 0. The van der Waals surface area contributed by atoms with E-state index in [4.69, 9.17) is 0 Å². The first kappa shape index (κ1) is 12.5. The van der Waals surface area contributed by atoms with Crippen LogP contribution in [0.1, 0.15) is 18.5 Å². The third-order valence-corrected chi connectivity index (χ3v) is 2.99. The molecular weight excluding hydrogens is 234 g/mol. The zero-order valence-corrected chi connectivity index (χ0v) is 10.3. The molecule has 1 amide bonds. The minimum Gasteiger partial charge on any atom is -0.340 e. The average Bonchev–Trinajstić information content (AvgIpc) is 2.33. The number of likely N-dealkylation sites (tertiary alicyclic amines) is 1. The van der Waals surface area contributed by atoms with Crippen LogP contribution in [-0.4, -0.2) is 39.2 Å². The van der Waals surface area contributed by atoms with E-state index in [0.29, 0.717) is 31.6 Å². The number of rotatable bonds is 2. The molecule has 0 atom stereocenters. The predicted molar refractivity (Wildman–Crippen MR) is 64.1 cm³/mol. The zero-order chi connectivity index (χ0) is 13.1. The summed E-state index contributed by atoms with van der Waals surface area (Å²) in [6.45, 7) is 2.61. The molecule has 2 rings (SSSR count). The van der Waals surface area contributed by atoms with Crippen molar-refractivity contribution in [3.8, 4) is 0 Å². The van der Waals surface area contributed by atoms with Crippen molar-refractivity contribution in [2.75, 3.05) is 13.1 Å². The van der Waals surface area contributed by atoms with Crippen molar-refractivity contribution in [2.45, 2.75) is 26.3 Å².